The van der Waals surface area contributed by atoms with Crippen molar-refractivity contribution in [3.63, 3.8) is 0 Å². The third-order valence-electron chi connectivity index (χ3n) is 2.96. The van der Waals surface area contributed by atoms with Gasteiger partial charge in [-0.05, 0) is 24.7 Å². The zero-order valence-corrected chi connectivity index (χ0v) is 10.9. The van der Waals surface area contributed by atoms with Crippen LogP contribution >= 0.6 is 0 Å². The van der Waals surface area contributed by atoms with Gasteiger partial charge in [-0.25, -0.2) is 0 Å². The van der Waals surface area contributed by atoms with E-state index in [1.165, 1.54) is 0 Å². The maximum Gasteiger partial charge on any atom is 0.162 e. The van der Waals surface area contributed by atoms with Gasteiger partial charge in [0.2, 0.25) is 0 Å². The number of rotatable bonds is 5. The van der Waals surface area contributed by atoms with Crippen LogP contribution in [-0.4, -0.2) is 44.8 Å². The lowest BCUT2D eigenvalue weighted by atomic mass is 10.1. The molecule has 0 saturated carbocycles. The van der Waals surface area contributed by atoms with Crippen LogP contribution < -0.4 is 15.2 Å². The Kier molecular flexibility index (Phi) is 4.23. The average Bonchev–Trinajstić information content (AvgIpc) is 2.35. The predicted molar refractivity (Wildman–Crippen MR) is 73.0 cm³/mol. The summed E-state index contributed by atoms with van der Waals surface area (Å²) in [4.78, 5) is 2.22. The molecule has 2 N–H and O–H groups in total. The van der Waals surface area contributed by atoms with Gasteiger partial charge in [-0.3, -0.25) is 4.90 Å². The van der Waals surface area contributed by atoms with Gasteiger partial charge in [-0.15, -0.1) is 0 Å². The van der Waals surface area contributed by atoms with Gasteiger partial charge in [0.25, 0.3) is 0 Å². The Balaban J connectivity index is 2.11. The van der Waals surface area contributed by atoms with Gasteiger partial charge in [0.15, 0.2) is 11.5 Å². The van der Waals surface area contributed by atoms with Crippen LogP contribution in [0.15, 0.2) is 24.3 Å². The molecule has 0 spiro atoms. The van der Waals surface area contributed by atoms with E-state index in [2.05, 4.69) is 11.9 Å². The highest BCUT2D eigenvalue weighted by Crippen LogP contribution is 2.30. The molecule has 4 nitrogen and oxygen atoms in total. The molecule has 1 aromatic rings. The Morgan fingerprint density at radius 2 is 2.17 bits per heavy atom. The van der Waals surface area contributed by atoms with Gasteiger partial charge in [0.1, 0.15) is 6.10 Å². The number of nitrogens with two attached hydrogens (primary N) is 1. The zero-order valence-electron chi connectivity index (χ0n) is 10.9. The first kappa shape index (κ1) is 12.9. The predicted octanol–water partition coefficient (Wildman–Crippen LogP) is 1.36. The van der Waals surface area contributed by atoms with Crippen molar-refractivity contribution < 1.29 is 9.47 Å². The summed E-state index contributed by atoms with van der Waals surface area (Å²) >= 11 is 0. The number of methoxy groups -OCH3 is 1. The SMILES string of the molecule is COc1ccc(/C=C/CN)cc1OC1CN(C)C1. The summed E-state index contributed by atoms with van der Waals surface area (Å²) in [6.07, 6.45) is 4.17. The van der Waals surface area contributed by atoms with Crippen molar-refractivity contribution in [2.45, 2.75) is 6.10 Å². The zero-order chi connectivity index (χ0) is 13.0. The summed E-state index contributed by atoms with van der Waals surface area (Å²) in [5.74, 6) is 1.57. The molecule has 1 fully saturated rings. The molecule has 0 unspecified atom stereocenters. The second kappa shape index (κ2) is 5.89. The molecule has 0 bridgehead atoms. The molecular formula is C14H20N2O2. The van der Waals surface area contributed by atoms with Gasteiger partial charge < -0.3 is 15.2 Å². The van der Waals surface area contributed by atoms with E-state index in [4.69, 9.17) is 15.2 Å². The molecule has 18 heavy (non-hydrogen) atoms. The topological polar surface area (TPSA) is 47.7 Å². The lowest BCUT2D eigenvalue weighted by Crippen LogP contribution is -2.51. The smallest absolute Gasteiger partial charge is 0.162 e. The molecule has 0 aliphatic carbocycles. The maximum absolute atomic E-state index is 5.93. The molecule has 2 rings (SSSR count). The molecule has 1 heterocycles. The first-order chi connectivity index (χ1) is 8.72. The van der Waals surface area contributed by atoms with E-state index in [1.54, 1.807) is 7.11 Å². The lowest BCUT2D eigenvalue weighted by molar-refractivity contribution is 0.0369. The third kappa shape index (κ3) is 3.03. The van der Waals surface area contributed by atoms with Crippen molar-refractivity contribution in [3.8, 4) is 11.5 Å². The van der Waals surface area contributed by atoms with Crippen LogP contribution in [0.2, 0.25) is 0 Å². The van der Waals surface area contributed by atoms with Crippen LogP contribution in [0.25, 0.3) is 6.08 Å². The standard InChI is InChI=1S/C14H20N2O2/c1-16-9-12(10-16)18-14-8-11(4-3-7-15)5-6-13(14)17-2/h3-6,8,12H,7,9-10,15H2,1-2H3/b4-3+. The number of hydrogen-bond acceptors (Lipinski definition) is 4. The molecule has 1 aliphatic rings. The quantitative estimate of drug-likeness (QED) is 0.854. The van der Waals surface area contributed by atoms with Crippen molar-refractivity contribution in [2.75, 3.05) is 33.8 Å². The minimum Gasteiger partial charge on any atom is -0.493 e. The van der Waals surface area contributed by atoms with E-state index in [9.17, 15) is 0 Å². The lowest BCUT2D eigenvalue weighted by Gasteiger charge is -2.36. The fraction of sp³-hybridized carbons (Fsp3) is 0.429. The summed E-state index contributed by atoms with van der Waals surface area (Å²) in [6.45, 7) is 2.47. The highest BCUT2D eigenvalue weighted by molar-refractivity contribution is 5.56. The average molecular weight is 248 g/mol. The maximum atomic E-state index is 5.93. The van der Waals surface area contributed by atoms with E-state index in [0.29, 0.717) is 6.54 Å². The summed E-state index contributed by atoms with van der Waals surface area (Å²) in [5.41, 5.74) is 6.52. The normalized spacial score (nSPS) is 16.8. The van der Waals surface area contributed by atoms with E-state index in [1.807, 2.05) is 30.4 Å². The van der Waals surface area contributed by atoms with Crippen molar-refractivity contribution in [3.05, 3.63) is 29.8 Å². The van der Waals surface area contributed by atoms with Crippen LogP contribution in [0.5, 0.6) is 11.5 Å². The van der Waals surface area contributed by atoms with Gasteiger partial charge >= 0.3 is 0 Å². The molecule has 98 valence electrons. The monoisotopic (exact) mass is 248 g/mol. The number of benzene rings is 1. The van der Waals surface area contributed by atoms with Gasteiger partial charge in [0.05, 0.1) is 7.11 Å². The number of likely N-dealkylation sites (tertiary alicyclic amines) is 1. The summed E-state index contributed by atoms with van der Waals surface area (Å²) in [5, 5.41) is 0. The molecule has 0 amide bonds. The number of likely N-dealkylation sites (N-methyl/N-ethyl adjacent to an activating group) is 1. The van der Waals surface area contributed by atoms with Crippen molar-refractivity contribution in [2.24, 2.45) is 5.73 Å². The minimum absolute atomic E-state index is 0.262. The highest BCUT2D eigenvalue weighted by atomic mass is 16.5. The second-order valence-corrected chi connectivity index (χ2v) is 4.51. The first-order valence-corrected chi connectivity index (χ1v) is 6.12. The fourth-order valence-electron chi connectivity index (χ4n) is 1.99. The Bertz CT molecular complexity index is 426. The van der Waals surface area contributed by atoms with Crippen LogP contribution in [0, 0.1) is 0 Å². The minimum atomic E-state index is 0.262. The van der Waals surface area contributed by atoms with Crippen LogP contribution in [0.3, 0.4) is 0 Å². The van der Waals surface area contributed by atoms with E-state index >= 15 is 0 Å². The van der Waals surface area contributed by atoms with Crippen molar-refractivity contribution >= 4 is 6.08 Å². The summed E-state index contributed by atoms with van der Waals surface area (Å²) in [7, 11) is 3.74. The van der Waals surface area contributed by atoms with Crippen LogP contribution in [0.1, 0.15) is 5.56 Å². The first-order valence-electron chi connectivity index (χ1n) is 6.12. The highest BCUT2D eigenvalue weighted by Gasteiger charge is 2.25. The Morgan fingerprint density at radius 1 is 1.39 bits per heavy atom. The van der Waals surface area contributed by atoms with Crippen molar-refractivity contribution in [1.29, 1.82) is 0 Å². The third-order valence-corrected chi connectivity index (χ3v) is 2.96. The van der Waals surface area contributed by atoms with Crippen molar-refractivity contribution in [1.82, 2.24) is 4.90 Å². The van der Waals surface area contributed by atoms with Gasteiger partial charge in [-0.1, -0.05) is 18.2 Å². The van der Waals surface area contributed by atoms with Crippen LogP contribution in [-0.2, 0) is 0 Å². The van der Waals surface area contributed by atoms with E-state index < -0.39 is 0 Å². The number of hydrogen-bond donors (Lipinski definition) is 1. The number of ether oxygens (including phenoxy) is 2. The largest absolute Gasteiger partial charge is 0.493 e. The Hall–Kier alpha value is -1.52. The molecule has 0 aromatic heterocycles. The molecule has 4 heteroatoms. The molecular weight excluding hydrogens is 228 g/mol. The second-order valence-electron chi connectivity index (χ2n) is 4.51. The van der Waals surface area contributed by atoms with Gasteiger partial charge in [0, 0.05) is 19.6 Å². The Morgan fingerprint density at radius 3 is 2.78 bits per heavy atom. The molecule has 1 saturated heterocycles. The molecule has 1 aromatic carbocycles. The van der Waals surface area contributed by atoms with Gasteiger partial charge in [-0.2, -0.15) is 0 Å². The molecule has 0 radical (unpaired) electrons. The fourth-order valence-corrected chi connectivity index (χ4v) is 1.99. The summed E-state index contributed by atoms with van der Waals surface area (Å²) in [6, 6.07) is 5.90. The number of nitrogens with zero attached hydrogens (tertiary/aromatic N) is 1. The molecule has 1 aliphatic heterocycles. The van der Waals surface area contributed by atoms with E-state index in [0.717, 1.165) is 30.2 Å². The summed E-state index contributed by atoms with van der Waals surface area (Å²) < 4.78 is 11.2. The Labute approximate surface area is 108 Å². The van der Waals surface area contributed by atoms with E-state index in [-0.39, 0.29) is 6.10 Å². The van der Waals surface area contributed by atoms with Crippen LogP contribution in [0.4, 0.5) is 0 Å². The molecule has 0 atom stereocenters.